The van der Waals surface area contributed by atoms with E-state index in [1.807, 2.05) is 13.1 Å². The van der Waals surface area contributed by atoms with E-state index in [1.165, 1.54) is 43.4 Å². The summed E-state index contributed by atoms with van der Waals surface area (Å²) < 4.78 is 0. The minimum atomic E-state index is 0.916. The second-order valence-corrected chi connectivity index (χ2v) is 3.80. The summed E-state index contributed by atoms with van der Waals surface area (Å²) in [5.74, 6) is 0.916. The molecule has 0 spiro atoms. The molecule has 1 aromatic rings. The lowest BCUT2D eigenvalue weighted by Gasteiger charge is -2.12. The van der Waals surface area contributed by atoms with Crippen molar-refractivity contribution >= 4 is 0 Å². The molecule has 2 nitrogen and oxygen atoms in total. The first kappa shape index (κ1) is 8.67. The molecule has 0 amide bonds. The zero-order valence-electron chi connectivity index (χ0n) is 8.21. The Kier molecular flexibility index (Phi) is 2.57. The summed E-state index contributed by atoms with van der Waals surface area (Å²) in [4.78, 5) is 8.76. The molecule has 2 heteroatoms. The van der Waals surface area contributed by atoms with Gasteiger partial charge in [-0.1, -0.05) is 12.8 Å². The van der Waals surface area contributed by atoms with E-state index in [0.717, 1.165) is 12.2 Å². The van der Waals surface area contributed by atoms with Gasteiger partial charge < -0.3 is 0 Å². The minimum Gasteiger partial charge on any atom is -0.241 e. The smallest absolute Gasteiger partial charge is 0.125 e. The molecule has 0 unspecified atom stereocenters. The summed E-state index contributed by atoms with van der Waals surface area (Å²) in [5, 5.41) is 0. The molecule has 0 N–H and O–H groups in total. The highest BCUT2D eigenvalue weighted by molar-refractivity contribution is 5.18. The zero-order chi connectivity index (χ0) is 9.10. The summed E-state index contributed by atoms with van der Waals surface area (Å²) in [6.07, 6.45) is 9.68. The fraction of sp³-hybridized carbons (Fsp3) is 0.636. The van der Waals surface area contributed by atoms with Crippen molar-refractivity contribution in [3.05, 3.63) is 23.3 Å². The summed E-state index contributed by atoms with van der Waals surface area (Å²) in [6.45, 7) is 1.97. The molecule has 2 rings (SSSR count). The number of aromatic nitrogens is 2. The topological polar surface area (TPSA) is 25.8 Å². The fourth-order valence-electron chi connectivity index (χ4n) is 1.93. The third-order valence-electron chi connectivity index (χ3n) is 2.68. The Hall–Kier alpha value is -0.920. The Balaban J connectivity index is 2.28. The molecule has 13 heavy (non-hydrogen) atoms. The highest BCUT2D eigenvalue weighted by Crippen LogP contribution is 2.17. The Morgan fingerprint density at radius 3 is 2.69 bits per heavy atom. The van der Waals surface area contributed by atoms with Crippen molar-refractivity contribution in [2.45, 2.75) is 45.4 Å². The van der Waals surface area contributed by atoms with Crippen LogP contribution in [0.25, 0.3) is 0 Å². The zero-order valence-corrected chi connectivity index (χ0v) is 8.21. The predicted octanol–water partition coefficient (Wildman–Crippen LogP) is 2.44. The Morgan fingerprint density at radius 2 is 1.85 bits per heavy atom. The quantitative estimate of drug-likeness (QED) is 0.606. The van der Waals surface area contributed by atoms with Crippen LogP contribution in [0.3, 0.4) is 0 Å². The van der Waals surface area contributed by atoms with E-state index >= 15 is 0 Å². The second kappa shape index (κ2) is 3.86. The second-order valence-electron chi connectivity index (χ2n) is 3.80. The molecule has 0 bridgehead atoms. The lowest BCUT2D eigenvalue weighted by molar-refractivity contribution is 0.604. The van der Waals surface area contributed by atoms with E-state index in [4.69, 9.17) is 0 Å². The number of rotatable bonds is 0. The van der Waals surface area contributed by atoms with Crippen LogP contribution in [0, 0.1) is 6.92 Å². The molecule has 1 heterocycles. The molecule has 0 radical (unpaired) electrons. The third kappa shape index (κ3) is 2.06. The lowest BCUT2D eigenvalue weighted by Crippen LogP contribution is -2.04. The normalized spacial score (nSPS) is 17.3. The SMILES string of the molecule is Cc1ncc2c(n1)CCCCCC2. The van der Waals surface area contributed by atoms with Crippen molar-refractivity contribution in [2.75, 3.05) is 0 Å². The Morgan fingerprint density at radius 1 is 1.08 bits per heavy atom. The predicted molar refractivity (Wildman–Crippen MR) is 52.6 cm³/mol. The van der Waals surface area contributed by atoms with Gasteiger partial charge in [0.05, 0.1) is 0 Å². The van der Waals surface area contributed by atoms with Crippen LogP contribution in [0.15, 0.2) is 6.20 Å². The van der Waals surface area contributed by atoms with Crippen LogP contribution in [0.5, 0.6) is 0 Å². The minimum absolute atomic E-state index is 0.916. The summed E-state index contributed by atoms with van der Waals surface area (Å²) in [7, 11) is 0. The third-order valence-corrected chi connectivity index (χ3v) is 2.68. The first-order chi connectivity index (χ1) is 6.36. The Bertz CT molecular complexity index is 294. The van der Waals surface area contributed by atoms with E-state index in [2.05, 4.69) is 9.97 Å². The van der Waals surface area contributed by atoms with E-state index in [1.54, 1.807) is 0 Å². The lowest BCUT2D eigenvalue weighted by atomic mass is 9.98. The summed E-state index contributed by atoms with van der Waals surface area (Å²) in [5.41, 5.74) is 2.68. The number of hydrogen-bond donors (Lipinski definition) is 0. The van der Waals surface area contributed by atoms with Gasteiger partial charge in [-0.05, 0) is 38.2 Å². The maximum Gasteiger partial charge on any atom is 0.125 e. The van der Waals surface area contributed by atoms with Gasteiger partial charge in [0.15, 0.2) is 0 Å². The molecule has 0 fully saturated rings. The average molecular weight is 176 g/mol. The summed E-state index contributed by atoms with van der Waals surface area (Å²) in [6, 6.07) is 0. The van der Waals surface area contributed by atoms with Crippen LogP contribution in [-0.4, -0.2) is 9.97 Å². The molecule has 0 saturated carbocycles. The van der Waals surface area contributed by atoms with Gasteiger partial charge in [-0.3, -0.25) is 0 Å². The van der Waals surface area contributed by atoms with Gasteiger partial charge in [0.25, 0.3) is 0 Å². The van der Waals surface area contributed by atoms with Crippen LogP contribution >= 0.6 is 0 Å². The fourth-order valence-corrected chi connectivity index (χ4v) is 1.93. The molecule has 1 aromatic heterocycles. The standard InChI is InChI=1S/C11H16N2/c1-9-12-8-10-6-4-2-3-5-7-11(10)13-9/h8H,2-7H2,1H3. The van der Waals surface area contributed by atoms with Crippen LogP contribution < -0.4 is 0 Å². The molecular weight excluding hydrogens is 160 g/mol. The Labute approximate surface area is 79.4 Å². The molecule has 70 valence electrons. The van der Waals surface area contributed by atoms with Crippen molar-refractivity contribution in [1.82, 2.24) is 9.97 Å². The number of fused-ring (bicyclic) bond motifs is 1. The molecule has 0 atom stereocenters. The van der Waals surface area contributed by atoms with Crippen molar-refractivity contribution < 1.29 is 0 Å². The van der Waals surface area contributed by atoms with Gasteiger partial charge in [0, 0.05) is 11.9 Å². The number of hydrogen-bond acceptors (Lipinski definition) is 2. The number of nitrogens with zero attached hydrogens (tertiary/aromatic N) is 2. The first-order valence-electron chi connectivity index (χ1n) is 5.17. The highest BCUT2D eigenvalue weighted by Gasteiger charge is 2.08. The maximum atomic E-state index is 4.50. The summed E-state index contributed by atoms with van der Waals surface area (Å²) >= 11 is 0. The molecule has 1 aliphatic rings. The monoisotopic (exact) mass is 176 g/mol. The van der Waals surface area contributed by atoms with E-state index in [0.29, 0.717) is 0 Å². The van der Waals surface area contributed by atoms with Crippen LogP contribution in [-0.2, 0) is 12.8 Å². The molecule has 0 aliphatic heterocycles. The van der Waals surface area contributed by atoms with Gasteiger partial charge >= 0.3 is 0 Å². The van der Waals surface area contributed by atoms with Gasteiger partial charge in [-0.25, -0.2) is 9.97 Å². The van der Waals surface area contributed by atoms with Crippen molar-refractivity contribution in [2.24, 2.45) is 0 Å². The van der Waals surface area contributed by atoms with Gasteiger partial charge in [-0.2, -0.15) is 0 Å². The van der Waals surface area contributed by atoms with Crippen molar-refractivity contribution in [3.8, 4) is 0 Å². The van der Waals surface area contributed by atoms with E-state index in [9.17, 15) is 0 Å². The van der Waals surface area contributed by atoms with Crippen LogP contribution in [0.2, 0.25) is 0 Å². The highest BCUT2D eigenvalue weighted by atomic mass is 14.9. The molecule has 0 aromatic carbocycles. The van der Waals surface area contributed by atoms with Gasteiger partial charge in [0.1, 0.15) is 5.82 Å². The first-order valence-corrected chi connectivity index (χ1v) is 5.17. The molecule has 0 saturated heterocycles. The van der Waals surface area contributed by atoms with Crippen LogP contribution in [0.1, 0.15) is 42.8 Å². The molecule has 1 aliphatic carbocycles. The van der Waals surface area contributed by atoms with Crippen LogP contribution in [0.4, 0.5) is 0 Å². The van der Waals surface area contributed by atoms with Gasteiger partial charge in [-0.15, -0.1) is 0 Å². The van der Waals surface area contributed by atoms with Crippen molar-refractivity contribution in [3.63, 3.8) is 0 Å². The maximum absolute atomic E-state index is 4.50. The number of aryl methyl sites for hydroxylation is 3. The molecular formula is C11H16N2. The van der Waals surface area contributed by atoms with Gasteiger partial charge in [0.2, 0.25) is 0 Å². The van der Waals surface area contributed by atoms with E-state index in [-0.39, 0.29) is 0 Å². The average Bonchev–Trinajstić information content (AvgIpc) is 2.08. The van der Waals surface area contributed by atoms with Crippen molar-refractivity contribution in [1.29, 1.82) is 0 Å². The largest absolute Gasteiger partial charge is 0.241 e. The van der Waals surface area contributed by atoms with E-state index < -0.39 is 0 Å².